The van der Waals surface area contributed by atoms with Crippen LogP contribution in [0.3, 0.4) is 0 Å². The predicted octanol–water partition coefficient (Wildman–Crippen LogP) is 2.28. The van der Waals surface area contributed by atoms with E-state index in [9.17, 15) is 13.6 Å². The van der Waals surface area contributed by atoms with Gasteiger partial charge in [-0.25, -0.2) is 8.78 Å². The molecule has 0 aliphatic heterocycles. The van der Waals surface area contributed by atoms with Gasteiger partial charge in [0.25, 0.3) is 0 Å². The molecular weight excluding hydrogens is 212 g/mol. The molecule has 2 nitrogen and oxygen atoms in total. The molecule has 0 saturated heterocycles. The van der Waals surface area contributed by atoms with Crippen molar-refractivity contribution in [3.8, 4) is 0 Å². The third-order valence-corrected chi connectivity index (χ3v) is 1.99. The summed E-state index contributed by atoms with van der Waals surface area (Å²) in [6.07, 6.45) is 0.00139. The Morgan fingerprint density at radius 3 is 2.31 bits per heavy atom. The molecule has 0 aromatic heterocycles. The van der Waals surface area contributed by atoms with Crippen molar-refractivity contribution in [2.75, 3.05) is 6.54 Å². The number of hydrogen-bond donors (Lipinski definition) is 1. The van der Waals surface area contributed by atoms with Crippen molar-refractivity contribution in [3.05, 3.63) is 35.4 Å². The van der Waals surface area contributed by atoms with E-state index in [2.05, 4.69) is 5.32 Å². The van der Waals surface area contributed by atoms with Gasteiger partial charge in [0.1, 0.15) is 11.6 Å². The minimum atomic E-state index is -0.661. The predicted molar refractivity (Wildman–Crippen MR) is 57.9 cm³/mol. The van der Waals surface area contributed by atoms with Crippen molar-refractivity contribution in [1.82, 2.24) is 5.32 Å². The molecule has 0 unspecified atom stereocenters. The van der Waals surface area contributed by atoms with Crippen LogP contribution in [0.1, 0.15) is 19.4 Å². The zero-order valence-corrected chi connectivity index (χ0v) is 9.39. The first-order valence-corrected chi connectivity index (χ1v) is 5.19. The van der Waals surface area contributed by atoms with Gasteiger partial charge in [-0.1, -0.05) is 13.8 Å². The van der Waals surface area contributed by atoms with Gasteiger partial charge < -0.3 is 5.32 Å². The summed E-state index contributed by atoms with van der Waals surface area (Å²) in [6, 6.07) is 3.12. The van der Waals surface area contributed by atoms with Gasteiger partial charge in [-0.2, -0.15) is 0 Å². The maximum Gasteiger partial charge on any atom is 0.224 e. The summed E-state index contributed by atoms with van der Waals surface area (Å²) in [4.78, 5) is 11.4. The van der Waals surface area contributed by atoms with Gasteiger partial charge in [-0.3, -0.25) is 4.79 Å². The second-order valence-electron chi connectivity index (χ2n) is 4.15. The lowest BCUT2D eigenvalue weighted by Crippen LogP contribution is -2.28. The fourth-order valence-electron chi connectivity index (χ4n) is 1.28. The second-order valence-corrected chi connectivity index (χ2v) is 4.15. The Labute approximate surface area is 93.7 Å². The Morgan fingerprint density at radius 1 is 1.25 bits per heavy atom. The van der Waals surface area contributed by atoms with E-state index in [0.717, 1.165) is 18.2 Å². The minimum Gasteiger partial charge on any atom is -0.356 e. The van der Waals surface area contributed by atoms with Crippen molar-refractivity contribution < 1.29 is 13.6 Å². The molecule has 4 heteroatoms. The van der Waals surface area contributed by atoms with Gasteiger partial charge >= 0.3 is 0 Å². The highest BCUT2D eigenvalue weighted by molar-refractivity contribution is 5.78. The van der Waals surface area contributed by atoms with Gasteiger partial charge in [-0.15, -0.1) is 0 Å². The van der Waals surface area contributed by atoms with E-state index < -0.39 is 11.6 Å². The molecule has 0 fully saturated rings. The maximum atomic E-state index is 12.8. The van der Waals surface area contributed by atoms with Crippen molar-refractivity contribution in [3.63, 3.8) is 0 Å². The van der Waals surface area contributed by atoms with E-state index in [1.807, 2.05) is 13.8 Å². The normalized spacial score (nSPS) is 10.6. The van der Waals surface area contributed by atoms with Crippen LogP contribution >= 0.6 is 0 Å². The smallest absolute Gasteiger partial charge is 0.224 e. The molecule has 88 valence electrons. The molecule has 0 radical (unpaired) electrons. The van der Waals surface area contributed by atoms with Crippen molar-refractivity contribution >= 4 is 5.91 Å². The monoisotopic (exact) mass is 227 g/mol. The van der Waals surface area contributed by atoms with Gasteiger partial charge in [0.05, 0.1) is 6.42 Å². The third kappa shape index (κ3) is 4.38. The first-order chi connectivity index (χ1) is 7.47. The van der Waals surface area contributed by atoms with Crippen LogP contribution in [0, 0.1) is 17.6 Å². The molecule has 1 aromatic rings. The first kappa shape index (κ1) is 12.6. The highest BCUT2D eigenvalue weighted by atomic mass is 19.1. The van der Waals surface area contributed by atoms with Gasteiger partial charge in [0.15, 0.2) is 0 Å². The molecule has 0 saturated carbocycles. The summed E-state index contributed by atoms with van der Waals surface area (Å²) in [6.45, 7) is 4.51. The zero-order chi connectivity index (χ0) is 12.1. The van der Waals surface area contributed by atoms with Crippen LogP contribution in [-0.2, 0) is 11.2 Å². The maximum absolute atomic E-state index is 12.8. The summed E-state index contributed by atoms with van der Waals surface area (Å²) in [5.41, 5.74) is 0.346. The Bertz CT molecular complexity index is 357. The summed E-state index contributed by atoms with van der Waals surface area (Å²) >= 11 is 0. The molecule has 0 heterocycles. The highest BCUT2D eigenvalue weighted by Crippen LogP contribution is 2.08. The number of halogens is 2. The van der Waals surface area contributed by atoms with E-state index in [0.29, 0.717) is 18.0 Å². The quantitative estimate of drug-likeness (QED) is 0.840. The molecule has 0 bridgehead atoms. The second kappa shape index (κ2) is 5.58. The Balaban J connectivity index is 2.56. The van der Waals surface area contributed by atoms with Crippen molar-refractivity contribution in [2.24, 2.45) is 5.92 Å². The number of rotatable bonds is 4. The van der Waals surface area contributed by atoms with Crippen LogP contribution in [-0.4, -0.2) is 12.5 Å². The van der Waals surface area contributed by atoms with Crippen LogP contribution in [0.15, 0.2) is 18.2 Å². The largest absolute Gasteiger partial charge is 0.356 e. The van der Waals surface area contributed by atoms with E-state index in [1.54, 1.807) is 0 Å². The molecule has 1 aromatic carbocycles. The lowest BCUT2D eigenvalue weighted by atomic mass is 10.1. The van der Waals surface area contributed by atoms with E-state index in [4.69, 9.17) is 0 Å². The lowest BCUT2D eigenvalue weighted by Gasteiger charge is -2.07. The minimum absolute atomic E-state index is 0.00139. The summed E-state index contributed by atoms with van der Waals surface area (Å²) in [5, 5.41) is 2.69. The van der Waals surface area contributed by atoms with E-state index >= 15 is 0 Å². The number of amides is 1. The molecule has 1 N–H and O–H groups in total. The molecule has 0 atom stereocenters. The topological polar surface area (TPSA) is 29.1 Å². The van der Waals surface area contributed by atoms with Gasteiger partial charge in [-0.05, 0) is 23.6 Å². The molecule has 0 spiro atoms. The number of nitrogens with one attached hydrogen (secondary N) is 1. The van der Waals surface area contributed by atoms with Crippen LogP contribution in [0.4, 0.5) is 8.78 Å². The van der Waals surface area contributed by atoms with Gasteiger partial charge in [0.2, 0.25) is 5.91 Å². The number of benzene rings is 1. The summed E-state index contributed by atoms with van der Waals surface area (Å²) in [7, 11) is 0. The Morgan fingerprint density at radius 2 is 1.81 bits per heavy atom. The molecule has 0 aliphatic carbocycles. The van der Waals surface area contributed by atoms with Crippen molar-refractivity contribution in [2.45, 2.75) is 20.3 Å². The fourth-order valence-corrected chi connectivity index (χ4v) is 1.28. The van der Waals surface area contributed by atoms with Crippen LogP contribution in [0.25, 0.3) is 0 Å². The lowest BCUT2D eigenvalue weighted by molar-refractivity contribution is -0.120. The summed E-state index contributed by atoms with van der Waals surface area (Å²) in [5.74, 6) is -1.19. The van der Waals surface area contributed by atoms with Crippen LogP contribution < -0.4 is 5.32 Å². The van der Waals surface area contributed by atoms with Crippen LogP contribution in [0.5, 0.6) is 0 Å². The van der Waals surface area contributed by atoms with E-state index in [1.165, 1.54) is 0 Å². The molecular formula is C12H15F2NO. The molecule has 1 amide bonds. The number of hydrogen-bond acceptors (Lipinski definition) is 1. The average molecular weight is 227 g/mol. The van der Waals surface area contributed by atoms with Gasteiger partial charge in [0, 0.05) is 12.6 Å². The Kier molecular flexibility index (Phi) is 4.40. The average Bonchev–Trinajstić information content (AvgIpc) is 2.12. The molecule has 16 heavy (non-hydrogen) atoms. The molecule has 0 aliphatic rings. The Hall–Kier alpha value is -1.45. The first-order valence-electron chi connectivity index (χ1n) is 5.19. The fraction of sp³-hybridized carbons (Fsp3) is 0.417. The number of carbonyl (C=O) groups excluding carboxylic acids is 1. The molecule has 1 rings (SSSR count). The third-order valence-electron chi connectivity index (χ3n) is 1.99. The van der Waals surface area contributed by atoms with Crippen LogP contribution in [0.2, 0.25) is 0 Å². The standard InChI is InChI=1S/C12H15F2NO/c1-8(2)7-15-12(16)5-9-3-10(13)6-11(14)4-9/h3-4,6,8H,5,7H2,1-2H3,(H,15,16). The van der Waals surface area contributed by atoms with Crippen molar-refractivity contribution in [1.29, 1.82) is 0 Å². The summed E-state index contributed by atoms with van der Waals surface area (Å²) < 4.78 is 25.6. The number of carbonyl (C=O) groups is 1. The highest BCUT2D eigenvalue weighted by Gasteiger charge is 2.06. The SMILES string of the molecule is CC(C)CNC(=O)Cc1cc(F)cc(F)c1. The van der Waals surface area contributed by atoms with E-state index in [-0.39, 0.29) is 12.3 Å². The zero-order valence-electron chi connectivity index (χ0n) is 9.39.